The second-order valence-electron chi connectivity index (χ2n) is 7.01. The molecule has 1 aliphatic heterocycles. The third-order valence-corrected chi connectivity index (χ3v) is 5.33. The Kier molecular flexibility index (Phi) is 6.04. The van der Waals surface area contributed by atoms with Crippen LogP contribution in [0.15, 0.2) is 47.5 Å². The number of anilines is 1. The Morgan fingerprint density at radius 3 is 2.88 bits per heavy atom. The zero-order valence-electron chi connectivity index (χ0n) is 16.7. The van der Waals surface area contributed by atoms with Crippen LogP contribution >= 0.6 is 11.6 Å². The first-order valence-electron chi connectivity index (χ1n) is 9.54. The molecule has 1 atom stereocenters. The third kappa shape index (κ3) is 4.26. The fourth-order valence-corrected chi connectivity index (χ4v) is 3.64. The van der Waals surface area contributed by atoms with E-state index < -0.39 is 25.0 Å². The van der Waals surface area contributed by atoms with Crippen molar-refractivity contribution in [1.29, 1.82) is 0 Å². The van der Waals surface area contributed by atoms with Crippen molar-refractivity contribution < 1.29 is 27.5 Å². The number of alkyl halides is 2. The van der Waals surface area contributed by atoms with Gasteiger partial charge in [0.15, 0.2) is 6.39 Å². The van der Waals surface area contributed by atoms with Gasteiger partial charge in [-0.05, 0) is 30.7 Å². The van der Waals surface area contributed by atoms with Gasteiger partial charge in [0.25, 0.3) is 18.2 Å². The Hall–Kier alpha value is -3.53. The van der Waals surface area contributed by atoms with Gasteiger partial charge in [-0.25, -0.2) is 18.7 Å². The fourth-order valence-electron chi connectivity index (χ4n) is 3.39. The number of nitrogens with zero attached hydrogens (tertiary/aromatic N) is 3. The van der Waals surface area contributed by atoms with Crippen molar-refractivity contribution in [2.75, 3.05) is 11.9 Å². The highest BCUT2D eigenvalue weighted by Gasteiger charge is 2.34. The minimum Gasteiger partial charge on any atom is -0.486 e. The van der Waals surface area contributed by atoms with E-state index in [1.54, 1.807) is 23.1 Å². The molecule has 166 valence electrons. The predicted molar refractivity (Wildman–Crippen MR) is 110 cm³/mol. The van der Waals surface area contributed by atoms with Crippen LogP contribution in [0.2, 0.25) is 5.02 Å². The SMILES string of the molecule is CC(c1ccc(OCC(F)F)c(Cl)c1)N1Cc2c(ccnc2NC(=O)c2cnco2)C1=O. The first-order chi connectivity index (χ1) is 15.3. The van der Waals surface area contributed by atoms with E-state index in [0.29, 0.717) is 16.7 Å². The Morgan fingerprint density at radius 1 is 1.38 bits per heavy atom. The summed E-state index contributed by atoms with van der Waals surface area (Å²) in [6.45, 7) is 1.26. The summed E-state index contributed by atoms with van der Waals surface area (Å²) >= 11 is 6.18. The van der Waals surface area contributed by atoms with Crippen LogP contribution in [0.5, 0.6) is 5.75 Å². The maximum atomic E-state index is 13.0. The highest BCUT2D eigenvalue weighted by atomic mass is 35.5. The van der Waals surface area contributed by atoms with E-state index >= 15 is 0 Å². The van der Waals surface area contributed by atoms with Gasteiger partial charge in [-0.2, -0.15) is 0 Å². The van der Waals surface area contributed by atoms with E-state index in [1.807, 2.05) is 6.92 Å². The number of oxazole rings is 1. The second kappa shape index (κ2) is 8.91. The lowest BCUT2D eigenvalue weighted by atomic mass is 10.1. The van der Waals surface area contributed by atoms with Crippen molar-refractivity contribution in [3.8, 4) is 5.75 Å². The molecule has 0 radical (unpaired) electrons. The molecule has 0 saturated heterocycles. The molecule has 3 aromatic rings. The summed E-state index contributed by atoms with van der Waals surface area (Å²) < 4.78 is 34.7. The van der Waals surface area contributed by atoms with Crippen molar-refractivity contribution in [1.82, 2.24) is 14.9 Å². The zero-order valence-corrected chi connectivity index (χ0v) is 17.5. The number of ether oxygens (including phenoxy) is 1. The minimum absolute atomic E-state index is 0.0164. The smallest absolute Gasteiger partial charge is 0.294 e. The van der Waals surface area contributed by atoms with Gasteiger partial charge >= 0.3 is 0 Å². The van der Waals surface area contributed by atoms with Crippen molar-refractivity contribution in [3.05, 3.63) is 70.5 Å². The zero-order chi connectivity index (χ0) is 22.8. The van der Waals surface area contributed by atoms with Crippen molar-refractivity contribution in [3.63, 3.8) is 0 Å². The van der Waals surface area contributed by atoms with Gasteiger partial charge in [0.1, 0.15) is 18.2 Å². The largest absolute Gasteiger partial charge is 0.486 e. The molecule has 0 saturated carbocycles. The van der Waals surface area contributed by atoms with E-state index in [1.165, 1.54) is 18.5 Å². The summed E-state index contributed by atoms with van der Waals surface area (Å²) in [6.07, 6.45) is 1.24. The molecule has 32 heavy (non-hydrogen) atoms. The monoisotopic (exact) mass is 462 g/mol. The molecule has 0 bridgehead atoms. The summed E-state index contributed by atoms with van der Waals surface area (Å²) in [5.41, 5.74) is 1.68. The molecule has 1 aliphatic rings. The molecular weight excluding hydrogens is 446 g/mol. The minimum atomic E-state index is -2.61. The molecule has 0 spiro atoms. The first kappa shape index (κ1) is 21.7. The second-order valence-corrected chi connectivity index (χ2v) is 7.41. The Morgan fingerprint density at radius 2 is 2.19 bits per heavy atom. The average Bonchev–Trinajstić information content (AvgIpc) is 3.42. The number of carbonyl (C=O) groups is 2. The third-order valence-electron chi connectivity index (χ3n) is 5.03. The highest BCUT2D eigenvalue weighted by Crippen LogP contribution is 2.36. The van der Waals surface area contributed by atoms with Crippen molar-refractivity contribution in [2.45, 2.75) is 25.9 Å². The van der Waals surface area contributed by atoms with Crippen LogP contribution in [0.1, 0.15) is 45.0 Å². The standard InChI is InChI=1S/C21H17ClF2N4O4/c1-11(12-2-3-16(15(22)6-12)31-9-18(23)24)28-8-14-13(21(28)30)4-5-26-19(14)27-20(29)17-7-25-10-32-17/h2-7,10-11,18H,8-9H2,1H3,(H,26,27,29). The Bertz CT molecular complexity index is 1160. The van der Waals surface area contributed by atoms with E-state index in [-0.39, 0.29) is 34.8 Å². The van der Waals surface area contributed by atoms with Crippen LogP contribution in [0.25, 0.3) is 0 Å². The normalized spacial score (nSPS) is 13.9. The lowest BCUT2D eigenvalue weighted by molar-refractivity contribution is 0.0715. The molecule has 1 aromatic carbocycles. The number of benzene rings is 1. The number of aromatic nitrogens is 2. The predicted octanol–water partition coefficient (Wildman–Crippen LogP) is 4.34. The van der Waals surface area contributed by atoms with Gasteiger partial charge < -0.3 is 19.4 Å². The van der Waals surface area contributed by atoms with Crippen LogP contribution in [-0.2, 0) is 6.54 Å². The summed E-state index contributed by atoms with van der Waals surface area (Å²) in [7, 11) is 0. The summed E-state index contributed by atoms with van der Waals surface area (Å²) in [5, 5.41) is 2.81. The van der Waals surface area contributed by atoms with Gasteiger partial charge in [0.2, 0.25) is 5.76 Å². The summed E-state index contributed by atoms with van der Waals surface area (Å²) in [4.78, 5) is 34.8. The van der Waals surface area contributed by atoms with Crippen molar-refractivity contribution in [2.24, 2.45) is 0 Å². The number of fused-ring (bicyclic) bond motifs is 1. The quantitative estimate of drug-likeness (QED) is 0.561. The number of hydrogen-bond acceptors (Lipinski definition) is 6. The molecule has 1 N–H and O–H groups in total. The van der Waals surface area contributed by atoms with E-state index in [4.69, 9.17) is 20.8 Å². The maximum Gasteiger partial charge on any atom is 0.294 e. The Balaban J connectivity index is 1.53. The molecule has 3 heterocycles. The van der Waals surface area contributed by atoms with Gasteiger partial charge in [-0.3, -0.25) is 9.59 Å². The summed E-state index contributed by atoms with van der Waals surface area (Å²) in [6, 6.07) is 5.93. The molecule has 0 aliphatic carbocycles. The molecule has 1 unspecified atom stereocenters. The van der Waals surface area contributed by atoms with E-state index in [0.717, 1.165) is 6.39 Å². The highest BCUT2D eigenvalue weighted by molar-refractivity contribution is 6.32. The topological polar surface area (TPSA) is 97.6 Å². The lowest BCUT2D eigenvalue weighted by Gasteiger charge is -2.25. The fraction of sp³-hybridized carbons (Fsp3) is 0.238. The number of amides is 2. The Labute approximate surface area is 186 Å². The van der Waals surface area contributed by atoms with E-state index in [9.17, 15) is 18.4 Å². The molecule has 2 amide bonds. The lowest BCUT2D eigenvalue weighted by Crippen LogP contribution is -2.27. The molecular formula is C21H17ClF2N4O4. The van der Waals surface area contributed by atoms with Crippen LogP contribution in [-0.4, -0.2) is 39.7 Å². The van der Waals surface area contributed by atoms with Crippen LogP contribution in [0.4, 0.5) is 14.6 Å². The number of halogens is 3. The molecule has 4 rings (SSSR count). The average molecular weight is 463 g/mol. The number of rotatable bonds is 7. The van der Waals surface area contributed by atoms with Gasteiger partial charge in [0.05, 0.1) is 23.8 Å². The van der Waals surface area contributed by atoms with Crippen LogP contribution < -0.4 is 10.1 Å². The molecule has 8 nitrogen and oxygen atoms in total. The number of hydrogen-bond donors (Lipinski definition) is 1. The maximum absolute atomic E-state index is 13.0. The number of nitrogens with one attached hydrogen (secondary N) is 1. The molecule has 2 aromatic heterocycles. The summed E-state index contributed by atoms with van der Waals surface area (Å²) in [5.74, 6) is -0.364. The van der Waals surface area contributed by atoms with Crippen molar-refractivity contribution >= 4 is 29.2 Å². The van der Waals surface area contributed by atoms with Gasteiger partial charge in [-0.1, -0.05) is 17.7 Å². The van der Waals surface area contributed by atoms with Gasteiger partial charge in [-0.15, -0.1) is 0 Å². The van der Waals surface area contributed by atoms with Gasteiger partial charge in [0, 0.05) is 17.3 Å². The van der Waals surface area contributed by atoms with E-state index in [2.05, 4.69) is 15.3 Å². The van der Waals surface area contributed by atoms with Crippen LogP contribution in [0, 0.1) is 0 Å². The molecule has 0 fully saturated rings. The first-order valence-corrected chi connectivity index (χ1v) is 9.92. The number of pyridine rings is 1. The van der Waals surface area contributed by atoms with Crippen LogP contribution in [0.3, 0.4) is 0 Å². The number of carbonyl (C=O) groups excluding carboxylic acids is 2. The molecule has 11 heteroatoms.